The Morgan fingerprint density at radius 2 is 1.97 bits per heavy atom. The summed E-state index contributed by atoms with van der Waals surface area (Å²) in [5.41, 5.74) is 1.10. The number of benzene rings is 1. The smallest absolute Gasteiger partial charge is 0.253 e. The molecule has 1 aliphatic heterocycles. The van der Waals surface area contributed by atoms with Crippen LogP contribution in [-0.2, 0) is 5.54 Å². The van der Waals surface area contributed by atoms with E-state index in [-0.39, 0.29) is 17.1 Å². The Labute approximate surface area is 176 Å². The molecule has 0 spiro atoms. The number of tetrazole rings is 1. The van der Waals surface area contributed by atoms with Gasteiger partial charge in [-0.15, -0.1) is 5.10 Å². The van der Waals surface area contributed by atoms with Gasteiger partial charge in [0.05, 0.1) is 12.6 Å². The first kappa shape index (κ1) is 20.5. The van der Waals surface area contributed by atoms with Crippen LogP contribution >= 0.6 is 0 Å². The molecule has 0 aliphatic carbocycles. The van der Waals surface area contributed by atoms with E-state index in [9.17, 15) is 4.79 Å². The summed E-state index contributed by atoms with van der Waals surface area (Å²) in [5, 5.41) is 13.7. The van der Waals surface area contributed by atoms with Crippen LogP contribution in [-0.4, -0.2) is 50.3 Å². The second kappa shape index (κ2) is 8.18. The van der Waals surface area contributed by atoms with Crippen molar-refractivity contribution in [3.8, 4) is 5.75 Å². The van der Waals surface area contributed by atoms with E-state index < -0.39 is 0 Å². The molecule has 1 aliphatic rings. The molecular weight excluding hydrogens is 380 g/mol. The fourth-order valence-electron chi connectivity index (χ4n) is 4.15. The summed E-state index contributed by atoms with van der Waals surface area (Å²) in [4.78, 5) is 18.6. The Morgan fingerprint density at radius 1 is 1.20 bits per heavy atom. The number of methoxy groups -OCH3 is 1. The molecule has 8 heteroatoms. The first-order valence-corrected chi connectivity index (χ1v) is 10.7. The van der Waals surface area contributed by atoms with Crippen molar-refractivity contribution in [3.05, 3.63) is 46.0 Å². The summed E-state index contributed by atoms with van der Waals surface area (Å²) in [6.45, 7) is 8.20. The zero-order valence-corrected chi connectivity index (χ0v) is 18.2. The van der Waals surface area contributed by atoms with Crippen LogP contribution in [0.5, 0.6) is 5.75 Å². The number of hydrogen-bond acceptors (Lipinski definition) is 6. The molecule has 0 bridgehead atoms. The van der Waals surface area contributed by atoms with Gasteiger partial charge in [-0.2, -0.15) is 0 Å². The van der Waals surface area contributed by atoms with Gasteiger partial charge in [-0.1, -0.05) is 13.3 Å². The largest absolute Gasteiger partial charge is 0.497 e. The number of piperidine rings is 1. The molecular formula is C22H30N6O2. The number of likely N-dealkylation sites (tertiary alicyclic amines) is 1. The van der Waals surface area contributed by atoms with Gasteiger partial charge in [0.15, 0.2) is 5.82 Å². The van der Waals surface area contributed by atoms with Crippen molar-refractivity contribution in [2.24, 2.45) is 0 Å². The maximum atomic E-state index is 13.2. The highest BCUT2D eigenvalue weighted by Gasteiger charge is 2.34. The number of aromatic amines is 1. The first-order chi connectivity index (χ1) is 14.4. The first-order valence-electron chi connectivity index (χ1n) is 10.7. The van der Waals surface area contributed by atoms with Crippen molar-refractivity contribution in [2.45, 2.75) is 58.0 Å². The number of nitrogens with one attached hydrogen (secondary N) is 1. The number of aromatic nitrogens is 5. The standard InChI is InChI=1S/C22H30N6O2/c1-5-22(2,3)28-20(24-25-26-28)19(27-11-7-6-8-12-27)17-14-15-13-16(30-4)9-10-18(15)23-21(17)29/h9-10,13-14,19H,5-8,11-12H2,1-4H3,(H,23,29). The number of H-pyrrole nitrogens is 1. The van der Waals surface area contributed by atoms with Gasteiger partial charge < -0.3 is 9.72 Å². The summed E-state index contributed by atoms with van der Waals surface area (Å²) in [5.74, 6) is 1.48. The van der Waals surface area contributed by atoms with E-state index in [1.54, 1.807) is 7.11 Å². The Morgan fingerprint density at radius 3 is 2.67 bits per heavy atom. The van der Waals surface area contributed by atoms with Gasteiger partial charge in [0.25, 0.3) is 5.56 Å². The molecule has 160 valence electrons. The quantitative estimate of drug-likeness (QED) is 0.671. The second-order valence-corrected chi connectivity index (χ2v) is 8.62. The van der Waals surface area contributed by atoms with E-state index in [0.29, 0.717) is 5.56 Å². The van der Waals surface area contributed by atoms with Crippen molar-refractivity contribution in [1.29, 1.82) is 0 Å². The van der Waals surface area contributed by atoms with E-state index in [2.05, 4.69) is 46.2 Å². The predicted octanol–water partition coefficient (Wildman–Crippen LogP) is 3.24. The Kier molecular flexibility index (Phi) is 5.60. The molecule has 8 nitrogen and oxygen atoms in total. The fraction of sp³-hybridized carbons (Fsp3) is 0.545. The van der Waals surface area contributed by atoms with Crippen molar-refractivity contribution in [2.75, 3.05) is 20.2 Å². The number of ether oxygens (including phenoxy) is 1. The van der Waals surface area contributed by atoms with Crippen LogP contribution in [0.4, 0.5) is 0 Å². The van der Waals surface area contributed by atoms with Crippen LogP contribution in [0.3, 0.4) is 0 Å². The van der Waals surface area contributed by atoms with Crippen molar-refractivity contribution < 1.29 is 4.74 Å². The second-order valence-electron chi connectivity index (χ2n) is 8.62. The topological polar surface area (TPSA) is 88.9 Å². The summed E-state index contributed by atoms with van der Waals surface area (Å²) in [7, 11) is 1.64. The molecule has 1 saturated heterocycles. The molecule has 0 radical (unpaired) electrons. The predicted molar refractivity (Wildman–Crippen MR) is 116 cm³/mol. The molecule has 1 aromatic carbocycles. The Bertz CT molecular complexity index is 1080. The van der Waals surface area contributed by atoms with Gasteiger partial charge in [0, 0.05) is 16.5 Å². The fourth-order valence-corrected chi connectivity index (χ4v) is 4.15. The van der Waals surface area contributed by atoms with Crippen LogP contribution in [0.2, 0.25) is 0 Å². The van der Waals surface area contributed by atoms with E-state index in [0.717, 1.165) is 54.8 Å². The highest BCUT2D eigenvalue weighted by Crippen LogP contribution is 2.32. The van der Waals surface area contributed by atoms with E-state index in [1.165, 1.54) is 6.42 Å². The third kappa shape index (κ3) is 3.71. The Balaban J connectivity index is 1.90. The molecule has 1 N–H and O–H groups in total. The number of fused-ring (bicyclic) bond motifs is 1. The zero-order valence-electron chi connectivity index (χ0n) is 18.2. The lowest BCUT2D eigenvalue weighted by molar-refractivity contribution is 0.167. The molecule has 2 aromatic heterocycles. The molecule has 0 amide bonds. The van der Waals surface area contributed by atoms with Crippen LogP contribution in [0.25, 0.3) is 10.9 Å². The molecule has 30 heavy (non-hydrogen) atoms. The third-order valence-electron chi connectivity index (χ3n) is 6.31. The van der Waals surface area contributed by atoms with E-state index >= 15 is 0 Å². The molecule has 1 unspecified atom stereocenters. The lowest BCUT2D eigenvalue weighted by Crippen LogP contribution is -2.40. The average Bonchev–Trinajstić information content (AvgIpc) is 3.25. The van der Waals surface area contributed by atoms with Crippen molar-refractivity contribution >= 4 is 10.9 Å². The van der Waals surface area contributed by atoms with Gasteiger partial charge in [-0.05, 0) is 80.9 Å². The molecule has 1 fully saturated rings. The average molecular weight is 411 g/mol. The van der Waals surface area contributed by atoms with Gasteiger partial charge in [0.1, 0.15) is 11.8 Å². The minimum Gasteiger partial charge on any atom is -0.497 e. The number of nitrogens with zero attached hydrogens (tertiary/aromatic N) is 5. The molecule has 0 saturated carbocycles. The lowest BCUT2D eigenvalue weighted by atomic mass is 9.98. The lowest BCUT2D eigenvalue weighted by Gasteiger charge is -2.35. The molecule has 1 atom stereocenters. The van der Waals surface area contributed by atoms with Gasteiger partial charge in [-0.3, -0.25) is 9.69 Å². The highest BCUT2D eigenvalue weighted by molar-refractivity contribution is 5.80. The molecule has 4 rings (SSSR count). The van der Waals surface area contributed by atoms with E-state index in [1.807, 2.05) is 28.9 Å². The normalized spacial score (nSPS) is 16.7. The van der Waals surface area contributed by atoms with Crippen LogP contribution < -0.4 is 10.3 Å². The number of pyridine rings is 1. The van der Waals surface area contributed by atoms with Crippen LogP contribution in [0.1, 0.15) is 63.9 Å². The Hall–Kier alpha value is -2.74. The van der Waals surface area contributed by atoms with Crippen LogP contribution in [0, 0.1) is 0 Å². The van der Waals surface area contributed by atoms with Gasteiger partial charge in [-0.25, -0.2) is 4.68 Å². The third-order valence-corrected chi connectivity index (χ3v) is 6.31. The maximum Gasteiger partial charge on any atom is 0.253 e. The minimum absolute atomic E-state index is 0.105. The number of rotatable bonds is 6. The van der Waals surface area contributed by atoms with Crippen LogP contribution in [0.15, 0.2) is 29.1 Å². The number of hydrogen-bond donors (Lipinski definition) is 1. The maximum absolute atomic E-state index is 13.2. The monoisotopic (exact) mass is 410 g/mol. The SMILES string of the molecule is CCC(C)(C)n1nnnc1C(c1cc2cc(OC)ccc2[nH]c1=O)N1CCCCC1. The summed E-state index contributed by atoms with van der Waals surface area (Å²) < 4.78 is 7.27. The zero-order chi connectivity index (χ0) is 21.3. The van der Waals surface area contributed by atoms with Crippen molar-refractivity contribution in [1.82, 2.24) is 30.1 Å². The highest BCUT2D eigenvalue weighted by atomic mass is 16.5. The summed E-state index contributed by atoms with van der Waals surface area (Å²) >= 11 is 0. The van der Waals surface area contributed by atoms with E-state index in [4.69, 9.17) is 4.74 Å². The molecule has 3 aromatic rings. The molecule has 3 heterocycles. The van der Waals surface area contributed by atoms with Gasteiger partial charge >= 0.3 is 0 Å². The summed E-state index contributed by atoms with van der Waals surface area (Å²) in [6, 6.07) is 7.34. The van der Waals surface area contributed by atoms with Crippen molar-refractivity contribution in [3.63, 3.8) is 0 Å². The minimum atomic E-state index is -0.300. The van der Waals surface area contributed by atoms with Gasteiger partial charge in [0.2, 0.25) is 0 Å². The summed E-state index contributed by atoms with van der Waals surface area (Å²) in [6.07, 6.45) is 4.30.